The summed E-state index contributed by atoms with van der Waals surface area (Å²) < 4.78 is 39.6. The Labute approximate surface area is 109 Å². The topological polar surface area (TPSA) is 35.2 Å². The van der Waals surface area contributed by atoms with E-state index in [4.69, 9.17) is 5.73 Å². The lowest BCUT2D eigenvalue weighted by molar-refractivity contribution is -0.274. The summed E-state index contributed by atoms with van der Waals surface area (Å²) in [5, 5.41) is 0.445. The summed E-state index contributed by atoms with van der Waals surface area (Å²) in [6, 6.07) is 5.94. The Hall–Kier alpha value is -0.880. The molecule has 1 aromatic carbocycles. The summed E-state index contributed by atoms with van der Waals surface area (Å²) in [7, 11) is 0. The van der Waals surface area contributed by atoms with Crippen molar-refractivity contribution in [1.29, 1.82) is 0 Å². The Morgan fingerprint density at radius 1 is 1.28 bits per heavy atom. The number of ether oxygens (including phenoxy) is 1. The predicted molar refractivity (Wildman–Crippen MR) is 67.6 cm³/mol. The highest BCUT2D eigenvalue weighted by Gasteiger charge is 2.30. The molecule has 0 heterocycles. The van der Waals surface area contributed by atoms with Crippen molar-refractivity contribution in [2.45, 2.75) is 30.7 Å². The molecule has 0 aliphatic carbocycles. The summed E-state index contributed by atoms with van der Waals surface area (Å²) in [5.41, 5.74) is 6.41. The van der Waals surface area contributed by atoms with E-state index in [2.05, 4.69) is 11.7 Å². The summed E-state index contributed by atoms with van der Waals surface area (Å²) in [4.78, 5) is 0. The Kier molecular flexibility index (Phi) is 5.81. The highest BCUT2D eigenvalue weighted by Crippen LogP contribution is 2.25. The number of thioether (sulfide) groups is 1. The van der Waals surface area contributed by atoms with Gasteiger partial charge in [0.05, 0.1) is 0 Å². The minimum absolute atomic E-state index is 0.189. The van der Waals surface area contributed by atoms with Gasteiger partial charge in [-0.05, 0) is 30.7 Å². The average Bonchev–Trinajstić information content (AvgIpc) is 2.26. The van der Waals surface area contributed by atoms with Crippen LogP contribution >= 0.6 is 11.8 Å². The number of nitrogens with two attached hydrogens (primary N) is 1. The van der Waals surface area contributed by atoms with E-state index in [0.29, 0.717) is 11.8 Å². The first-order valence-corrected chi connectivity index (χ1v) is 6.62. The maximum atomic E-state index is 11.9. The third kappa shape index (κ3) is 6.16. The standard InChI is InChI=1S/C12H16F3NOS/c1-9(6-7-16)18-8-10-2-4-11(5-3-10)17-12(13,14)15/h2-5,9H,6-8,16H2,1H3. The van der Waals surface area contributed by atoms with Crippen molar-refractivity contribution in [1.82, 2.24) is 0 Å². The summed E-state index contributed by atoms with van der Waals surface area (Å²) >= 11 is 1.73. The van der Waals surface area contributed by atoms with Crippen molar-refractivity contribution in [2.75, 3.05) is 6.54 Å². The monoisotopic (exact) mass is 279 g/mol. The molecule has 1 atom stereocenters. The van der Waals surface area contributed by atoms with E-state index in [0.717, 1.165) is 17.7 Å². The van der Waals surface area contributed by atoms with Crippen LogP contribution in [-0.4, -0.2) is 18.2 Å². The van der Waals surface area contributed by atoms with Crippen molar-refractivity contribution in [2.24, 2.45) is 5.73 Å². The normalized spacial score (nSPS) is 13.4. The van der Waals surface area contributed by atoms with Crippen molar-refractivity contribution < 1.29 is 17.9 Å². The van der Waals surface area contributed by atoms with Crippen molar-refractivity contribution in [3.63, 3.8) is 0 Å². The van der Waals surface area contributed by atoms with Crippen LogP contribution in [0.1, 0.15) is 18.9 Å². The van der Waals surface area contributed by atoms with Gasteiger partial charge in [-0.2, -0.15) is 11.8 Å². The molecular weight excluding hydrogens is 263 g/mol. The fourth-order valence-corrected chi connectivity index (χ4v) is 2.32. The molecule has 0 aliphatic rings. The number of hydrogen-bond acceptors (Lipinski definition) is 3. The Morgan fingerprint density at radius 3 is 2.39 bits per heavy atom. The van der Waals surface area contributed by atoms with Gasteiger partial charge in [0, 0.05) is 11.0 Å². The minimum Gasteiger partial charge on any atom is -0.406 e. The number of halogens is 3. The van der Waals surface area contributed by atoms with Crippen LogP contribution in [0, 0.1) is 0 Å². The first-order chi connectivity index (χ1) is 8.40. The first-order valence-electron chi connectivity index (χ1n) is 5.57. The molecule has 0 aromatic heterocycles. The van der Waals surface area contributed by atoms with Crippen molar-refractivity contribution in [3.8, 4) is 5.75 Å². The van der Waals surface area contributed by atoms with Crippen LogP contribution in [0.25, 0.3) is 0 Å². The second-order valence-corrected chi connectivity index (χ2v) is 5.32. The molecule has 102 valence electrons. The van der Waals surface area contributed by atoms with E-state index in [1.165, 1.54) is 12.1 Å². The molecular formula is C12H16F3NOS. The molecule has 0 aliphatic heterocycles. The highest BCUT2D eigenvalue weighted by atomic mass is 32.2. The zero-order valence-electron chi connectivity index (χ0n) is 10.0. The summed E-state index contributed by atoms with van der Waals surface area (Å²) in [5.74, 6) is 0.569. The van der Waals surface area contributed by atoms with Gasteiger partial charge in [0.25, 0.3) is 0 Å². The van der Waals surface area contributed by atoms with Crippen LogP contribution < -0.4 is 10.5 Å². The Bertz CT molecular complexity index is 353. The number of rotatable bonds is 6. The maximum Gasteiger partial charge on any atom is 0.573 e. The van der Waals surface area contributed by atoms with Gasteiger partial charge >= 0.3 is 6.36 Å². The van der Waals surface area contributed by atoms with Crippen LogP contribution in [0.5, 0.6) is 5.75 Å². The van der Waals surface area contributed by atoms with E-state index in [1.54, 1.807) is 23.9 Å². The smallest absolute Gasteiger partial charge is 0.406 e. The molecule has 1 aromatic rings. The lowest BCUT2D eigenvalue weighted by Gasteiger charge is -2.11. The molecule has 0 radical (unpaired) electrons. The van der Waals surface area contributed by atoms with Gasteiger partial charge in [-0.15, -0.1) is 13.2 Å². The molecule has 0 amide bonds. The summed E-state index contributed by atoms with van der Waals surface area (Å²) in [6.07, 6.45) is -3.70. The van der Waals surface area contributed by atoms with Crippen LogP contribution in [0.15, 0.2) is 24.3 Å². The number of alkyl halides is 3. The zero-order valence-corrected chi connectivity index (χ0v) is 10.9. The van der Waals surface area contributed by atoms with E-state index in [-0.39, 0.29) is 5.75 Å². The van der Waals surface area contributed by atoms with Gasteiger partial charge in [0.2, 0.25) is 0 Å². The minimum atomic E-state index is -4.63. The van der Waals surface area contributed by atoms with E-state index < -0.39 is 6.36 Å². The second kappa shape index (κ2) is 6.89. The lowest BCUT2D eigenvalue weighted by Crippen LogP contribution is -2.17. The average molecular weight is 279 g/mol. The van der Waals surface area contributed by atoms with E-state index >= 15 is 0 Å². The van der Waals surface area contributed by atoms with Crippen LogP contribution in [0.2, 0.25) is 0 Å². The largest absolute Gasteiger partial charge is 0.573 e. The van der Waals surface area contributed by atoms with Crippen LogP contribution in [0.3, 0.4) is 0 Å². The second-order valence-electron chi connectivity index (χ2n) is 3.89. The van der Waals surface area contributed by atoms with Crippen molar-refractivity contribution in [3.05, 3.63) is 29.8 Å². The first kappa shape index (κ1) is 15.2. The molecule has 0 fully saturated rings. The van der Waals surface area contributed by atoms with Gasteiger partial charge in [0.15, 0.2) is 0 Å². The molecule has 6 heteroatoms. The fourth-order valence-electron chi connectivity index (χ4n) is 1.34. The molecule has 0 bridgehead atoms. The van der Waals surface area contributed by atoms with Gasteiger partial charge in [-0.25, -0.2) is 0 Å². The lowest BCUT2D eigenvalue weighted by atomic mass is 10.2. The molecule has 1 rings (SSSR count). The van der Waals surface area contributed by atoms with Gasteiger partial charge < -0.3 is 10.5 Å². The van der Waals surface area contributed by atoms with Gasteiger partial charge in [-0.1, -0.05) is 19.1 Å². The molecule has 0 saturated carbocycles. The third-order valence-electron chi connectivity index (χ3n) is 2.26. The molecule has 0 saturated heterocycles. The number of hydrogen-bond donors (Lipinski definition) is 1. The van der Waals surface area contributed by atoms with E-state index in [1.807, 2.05) is 0 Å². The molecule has 18 heavy (non-hydrogen) atoms. The maximum absolute atomic E-state index is 11.9. The Balaban J connectivity index is 2.45. The SMILES string of the molecule is CC(CCN)SCc1ccc(OC(F)(F)F)cc1. The van der Waals surface area contributed by atoms with Gasteiger partial charge in [-0.3, -0.25) is 0 Å². The predicted octanol–water partition coefficient (Wildman–Crippen LogP) is 3.56. The number of benzene rings is 1. The molecule has 0 spiro atoms. The molecule has 1 unspecified atom stereocenters. The summed E-state index contributed by atoms with van der Waals surface area (Å²) in [6.45, 7) is 2.73. The van der Waals surface area contributed by atoms with Crippen molar-refractivity contribution >= 4 is 11.8 Å². The zero-order chi connectivity index (χ0) is 13.6. The molecule has 2 N–H and O–H groups in total. The third-order valence-corrected chi connectivity index (χ3v) is 3.57. The molecule has 2 nitrogen and oxygen atoms in total. The van der Waals surface area contributed by atoms with Crippen LogP contribution in [-0.2, 0) is 5.75 Å². The van der Waals surface area contributed by atoms with Crippen LogP contribution in [0.4, 0.5) is 13.2 Å². The highest BCUT2D eigenvalue weighted by molar-refractivity contribution is 7.99. The van der Waals surface area contributed by atoms with Gasteiger partial charge in [0.1, 0.15) is 5.75 Å². The quantitative estimate of drug-likeness (QED) is 0.864. The van der Waals surface area contributed by atoms with E-state index in [9.17, 15) is 13.2 Å². The fraction of sp³-hybridized carbons (Fsp3) is 0.500. The Morgan fingerprint density at radius 2 is 1.89 bits per heavy atom.